The lowest BCUT2D eigenvalue weighted by atomic mass is 10.3. The molecule has 1 atom stereocenters. The van der Waals surface area contributed by atoms with Crippen LogP contribution in [0.2, 0.25) is 43.9 Å². The summed E-state index contributed by atoms with van der Waals surface area (Å²) in [5, 5.41) is 8.45. The molecule has 8 heteroatoms. The maximum atomic E-state index is 11.9. The third-order valence-electron chi connectivity index (χ3n) is 3.76. The monoisotopic (exact) mass is 312 g/mol. The van der Waals surface area contributed by atoms with Crippen LogP contribution in [0.3, 0.4) is 0 Å². The number of hydrogen-bond acceptors (Lipinski definition) is 3. The molecule has 108 valence electrons. The first-order chi connectivity index (χ1) is 7.60. The van der Waals surface area contributed by atoms with Crippen molar-refractivity contribution in [3.8, 4) is 0 Å². The van der Waals surface area contributed by atoms with Gasteiger partial charge in [-0.25, -0.2) is 0 Å². The molecule has 0 aliphatic carbocycles. The predicted molar refractivity (Wildman–Crippen MR) is 78.0 cm³/mol. The molecule has 0 heterocycles. The Bertz CT molecular complexity index is 416. The van der Waals surface area contributed by atoms with Crippen molar-refractivity contribution in [3.05, 3.63) is 0 Å². The van der Waals surface area contributed by atoms with Crippen LogP contribution in [0.15, 0.2) is 0 Å². The van der Waals surface area contributed by atoms with E-state index in [0.717, 1.165) is 0 Å². The Morgan fingerprint density at radius 3 is 1.39 bits per heavy atom. The largest absolute Gasteiger partial charge is 0.481 e. The van der Waals surface area contributed by atoms with Gasteiger partial charge in [-0.3, -0.25) is 9.35 Å². The number of hydrogen-bond donors (Lipinski definition) is 2. The first-order valence-corrected chi connectivity index (χ1v) is 14.3. The second-order valence-corrected chi connectivity index (χ2v) is 19.6. The van der Waals surface area contributed by atoms with Crippen LogP contribution in [0.25, 0.3) is 0 Å². The molecule has 0 rings (SSSR count). The van der Waals surface area contributed by atoms with Crippen molar-refractivity contribution >= 4 is 32.2 Å². The summed E-state index contributed by atoms with van der Waals surface area (Å²) in [6.45, 7) is 12.4. The van der Waals surface area contributed by atoms with Gasteiger partial charge in [-0.2, -0.15) is 8.42 Å². The Morgan fingerprint density at radius 1 is 1.06 bits per heavy atom. The van der Waals surface area contributed by atoms with Crippen LogP contribution in [0.4, 0.5) is 0 Å². The molecule has 0 saturated carbocycles. The Labute approximate surface area is 111 Å². The zero-order valence-corrected chi connectivity index (χ0v) is 14.9. The zero-order chi connectivity index (χ0) is 15.2. The van der Waals surface area contributed by atoms with E-state index in [0.29, 0.717) is 0 Å². The van der Waals surface area contributed by atoms with E-state index in [4.69, 9.17) is 0 Å². The zero-order valence-electron chi connectivity index (χ0n) is 12.1. The highest BCUT2D eigenvalue weighted by Crippen LogP contribution is 2.51. The van der Waals surface area contributed by atoms with E-state index in [2.05, 4.69) is 0 Å². The van der Waals surface area contributed by atoms with E-state index in [1.165, 1.54) is 6.92 Å². The average molecular weight is 313 g/mol. The van der Waals surface area contributed by atoms with Gasteiger partial charge in [0.25, 0.3) is 10.1 Å². The van der Waals surface area contributed by atoms with Gasteiger partial charge < -0.3 is 5.11 Å². The van der Waals surface area contributed by atoms with Crippen molar-refractivity contribution in [1.82, 2.24) is 0 Å². The summed E-state index contributed by atoms with van der Waals surface area (Å²) in [5.41, 5.74) is 0. The first kappa shape index (κ1) is 17.8. The van der Waals surface area contributed by atoms with Crippen LogP contribution in [-0.4, -0.2) is 45.4 Å². The molecule has 0 aromatic rings. The molecule has 0 amide bonds. The lowest BCUT2D eigenvalue weighted by molar-refractivity contribution is -0.138. The maximum absolute atomic E-state index is 11.9. The highest BCUT2D eigenvalue weighted by atomic mass is 32.2. The van der Waals surface area contributed by atoms with Crippen molar-refractivity contribution in [2.75, 3.05) is 0 Å². The van der Waals surface area contributed by atoms with Crippen LogP contribution in [0.1, 0.15) is 6.92 Å². The lowest BCUT2D eigenvalue weighted by Crippen LogP contribution is -2.65. The molecule has 0 bridgehead atoms. The summed E-state index contributed by atoms with van der Waals surface area (Å²) >= 11 is 0. The third-order valence-corrected chi connectivity index (χ3v) is 16.0. The van der Waals surface area contributed by atoms with Gasteiger partial charge in [0.15, 0.2) is 0 Å². The van der Waals surface area contributed by atoms with Crippen LogP contribution in [0, 0.1) is 0 Å². The summed E-state index contributed by atoms with van der Waals surface area (Å²) in [6, 6.07) is 0. The Kier molecular flexibility index (Phi) is 4.68. The molecule has 0 aromatic heterocycles. The Balaban J connectivity index is 6.43. The van der Waals surface area contributed by atoms with Gasteiger partial charge in [-0.1, -0.05) is 39.3 Å². The van der Waals surface area contributed by atoms with Gasteiger partial charge in [-0.15, -0.1) is 0 Å². The van der Waals surface area contributed by atoms with Gasteiger partial charge in [0.1, 0.15) is 0 Å². The number of carboxylic acids is 1. The smallest absolute Gasteiger partial charge is 0.305 e. The minimum atomic E-state index is -4.38. The summed E-state index contributed by atoms with van der Waals surface area (Å²) in [4.78, 5) is 11.9. The fourth-order valence-corrected chi connectivity index (χ4v) is 19.7. The summed E-state index contributed by atoms with van der Waals surface area (Å²) in [5.74, 6) is -1.09. The van der Waals surface area contributed by atoms with E-state index in [-0.39, 0.29) is 0 Å². The highest BCUT2D eigenvalue weighted by molar-refractivity contribution is 7.86. The number of rotatable bonds is 5. The molecule has 0 fully saturated rings. The number of aliphatic carboxylic acids is 1. The fourth-order valence-electron chi connectivity index (χ4n) is 3.38. The van der Waals surface area contributed by atoms with Crippen LogP contribution in [0.5, 0.6) is 0 Å². The van der Waals surface area contributed by atoms with Gasteiger partial charge in [0.2, 0.25) is 0 Å². The molecule has 2 N–H and O–H groups in total. The minimum Gasteiger partial charge on any atom is -0.481 e. The second kappa shape index (κ2) is 4.73. The van der Waals surface area contributed by atoms with Crippen molar-refractivity contribution in [1.29, 1.82) is 0 Å². The van der Waals surface area contributed by atoms with E-state index in [1.807, 2.05) is 39.3 Å². The normalized spacial score (nSPS) is 16.4. The van der Waals surface area contributed by atoms with E-state index < -0.39 is 42.1 Å². The third kappa shape index (κ3) is 2.71. The molecular formula is C10H24O5SSi2. The van der Waals surface area contributed by atoms with Crippen molar-refractivity contribution in [2.45, 2.75) is 56.1 Å². The molecule has 0 radical (unpaired) electrons. The summed E-state index contributed by atoms with van der Waals surface area (Å²) in [6.07, 6.45) is 0. The standard InChI is InChI=1S/C10H24O5SSi2/c1-8(16(13,14)15)10(9(11)12,17(2,3)4)18(5,6)7/h8H,1-7H3,(H,11,12)(H,13,14,15). The topological polar surface area (TPSA) is 91.7 Å². The van der Waals surface area contributed by atoms with Gasteiger partial charge in [0.05, 0.1) is 26.1 Å². The molecular weight excluding hydrogens is 288 g/mol. The summed E-state index contributed by atoms with van der Waals surface area (Å²) in [7, 11) is -9.15. The molecule has 0 saturated heterocycles. The van der Waals surface area contributed by atoms with Crippen LogP contribution >= 0.6 is 0 Å². The average Bonchev–Trinajstić information content (AvgIpc) is 1.95. The van der Waals surface area contributed by atoms with Crippen molar-refractivity contribution < 1.29 is 22.9 Å². The maximum Gasteiger partial charge on any atom is 0.305 e. The van der Waals surface area contributed by atoms with E-state index >= 15 is 0 Å². The lowest BCUT2D eigenvalue weighted by Gasteiger charge is -2.50. The Hall–Kier alpha value is -0.186. The van der Waals surface area contributed by atoms with E-state index in [1.54, 1.807) is 0 Å². The van der Waals surface area contributed by atoms with Gasteiger partial charge in [-0.05, 0) is 6.92 Å². The summed E-state index contributed by atoms with van der Waals surface area (Å²) < 4.78 is 31.0. The molecule has 0 aliphatic rings. The molecule has 0 aliphatic heterocycles. The van der Waals surface area contributed by atoms with Gasteiger partial charge >= 0.3 is 5.97 Å². The quantitative estimate of drug-likeness (QED) is 0.600. The fraction of sp³-hybridized carbons (Fsp3) is 0.900. The number of carboxylic acid groups (broad SMARTS) is 1. The minimum absolute atomic E-state index is 1.09. The van der Waals surface area contributed by atoms with Gasteiger partial charge in [0, 0.05) is 0 Å². The molecule has 1 unspecified atom stereocenters. The van der Waals surface area contributed by atoms with Crippen LogP contribution in [-0.2, 0) is 14.9 Å². The first-order valence-electron chi connectivity index (χ1n) is 5.80. The second-order valence-electron chi connectivity index (χ2n) is 6.77. The SMILES string of the molecule is CC(C(C(=O)O)([Si](C)(C)C)[Si](C)(C)C)S(=O)(=O)O. The van der Waals surface area contributed by atoms with E-state index in [9.17, 15) is 22.9 Å². The molecule has 0 spiro atoms. The number of carbonyl (C=O) groups is 1. The van der Waals surface area contributed by atoms with Crippen molar-refractivity contribution in [3.63, 3.8) is 0 Å². The molecule has 5 nitrogen and oxygen atoms in total. The highest BCUT2D eigenvalue weighted by Gasteiger charge is 2.64. The molecule has 0 aromatic carbocycles. The molecule has 18 heavy (non-hydrogen) atoms. The van der Waals surface area contributed by atoms with Crippen LogP contribution < -0.4 is 0 Å². The van der Waals surface area contributed by atoms with Crippen molar-refractivity contribution in [2.24, 2.45) is 0 Å². The Morgan fingerprint density at radius 2 is 1.33 bits per heavy atom. The predicted octanol–water partition coefficient (Wildman–Crippen LogP) is 2.30.